The van der Waals surface area contributed by atoms with Gasteiger partial charge in [0.1, 0.15) is 5.54 Å². The Morgan fingerprint density at radius 2 is 1.63 bits per heavy atom. The standard InChI is InChI=1S/C10H14F6N2O/c1-3-4-18-8(2,5-17)6-19-7(9(11,12)13)10(14,15)16/h7,18H,3-4,6H2,1-2H3. The van der Waals surface area contributed by atoms with Crippen molar-refractivity contribution in [1.29, 1.82) is 5.26 Å². The first-order chi connectivity index (χ1) is 8.46. The van der Waals surface area contributed by atoms with Crippen LogP contribution in [0.5, 0.6) is 0 Å². The minimum atomic E-state index is -5.57. The maximum absolute atomic E-state index is 12.2. The molecule has 0 heterocycles. The van der Waals surface area contributed by atoms with Crippen molar-refractivity contribution in [2.45, 2.75) is 44.3 Å². The summed E-state index contributed by atoms with van der Waals surface area (Å²) in [7, 11) is 0. The quantitative estimate of drug-likeness (QED) is 0.766. The average Bonchev–Trinajstić information content (AvgIpc) is 2.23. The lowest BCUT2D eigenvalue weighted by molar-refractivity contribution is -0.323. The fourth-order valence-corrected chi connectivity index (χ4v) is 1.15. The smallest absolute Gasteiger partial charge is 0.358 e. The van der Waals surface area contributed by atoms with Crippen LogP contribution in [-0.4, -0.2) is 37.1 Å². The molecule has 0 amide bonds. The van der Waals surface area contributed by atoms with Gasteiger partial charge in [-0.15, -0.1) is 0 Å². The van der Waals surface area contributed by atoms with Gasteiger partial charge < -0.3 is 4.74 Å². The van der Waals surface area contributed by atoms with Gasteiger partial charge in [-0.05, 0) is 19.9 Å². The zero-order valence-corrected chi connectivity index (χ0v) is 10.3. The van der Waals surface area contributed by atoms with Crippen molar-refractivity contribution >= 4 is 0 Å². The van der Waals surface area contributed by atoms with Crippen molar-refractivity contribution in [3.63, 3.8) is 0 Å². The SMILES string of the molecule is CCCNC(C)(C#N)COC(C(F)(F)F)C(F)(F)F. The summed E-state index contributed by atoms with van der Waals surface area (Å²) in [5.74, 6) is 0. The molecule has 0 aromatic carbocycles. The summed E-state index contributed by atoms with van der Waals surface area (Å²) in [6, 6.07) is 1.60. The molecule has 0 saturated heterocycles. The van der Waals surface area contributed by atoms with Crippen LogP contribution >= 0.6 is 0 Å². The van der Waals surface area contributed by atoms with Gasteiger partial charge in [-0.1, -0.05) is 6.92 Å². The van der Waals surface area contributed by atoms with E-state index in [1.807, 2.05) is 0 Å². The van der Waals surface area contributed by atoms with Crippen LogP contribution in [0.15, 0.2) is 0 Å². The third-order valence-electron chi connectivity index (χ3n) is 2.15. The Morgan fingerprint density at radius 1 is 1.16 bits per heavy atom. The summed E-state index contributed by atoms with van der Waals surface area (Å²) < 4.78 is 77.1. The number of nitrogens with one attached hydrogen (secondary N) is 1. The van der Waals surface area contributed by atoms with E-state index in [1.54, 1.807) is 13.0 Å². The van der Waals surface area contributed by atoms with E-state index in [0.29, 0.717) is 6.42 Å². The van der Waals surface area contributed by atoms with Crippen LogP contribution in [0, 0.1) is 11.3 Å². The number of halogens is 6. The monoisotopic (exact) mass is 292 g/mol. The molecule has 1 unspecified atom stereocenters. The van der Waals surface area contributed by atoms with Crippen LogP contribution in [-0.2, 0) is 4.74 Å². The Bertz CT molecular complexity index is 307. The van der Waals surface area contributed by atoms with Crippen molar-refractivity contribution in [3.8, 4) is 6.07 Å². The highest BCUT2D eigenvalue weighted by Crippen LogP contribution is 2.36. The van der Waals surface area contributed by atoms with Crippen molar-refractivity contribution in [1.82, 2.24) is 5.32 Å². The van der Waals surface area contributed by atoms with E-state index in [9.17, 15) is 26.3 Å². The fourth-order valence-electron chi connectivity index (χ4n) is 1.15. The van der Waals surface area contributed by atoms with Gasteiger partial charge in [0, 0.05) is 0 Å². The summed E-state index contributed by atoms with van der Waals surface area (Å²) in [5, 5.41) is 11.3. The second-order valence-corrected chi connectivity index (χ2v) is 4.14. The zero-order chi connectivity index (χ0) is 15.3. The zero-order valence-electron chi connectivity index (χ0n) is 10.3. The van der Waals surface area contributed by atoms with Crippen molar-refractivity contribution in [2.24, 2.45) is 0 Å². The fraction of sp³-hybridized carbons (Fsp3) is 0.900. The molecule has 0 aliphatic rings. The van der Waals surface area contributed by atoms with Gasteiger partial charge in [-0.3, -0.25) is 5.32 Å². The lowest BCUT2D eigenvalue weighted by Crippen LogP contribution is -2.51. The molecule has 0 radical (unpaired) electrons. The minimum absolute atomic E-state index is 0.274. The van der Waals surface area contributed by atoms with Crippen LogP contribution in [0.4, 0.5) is 26.3 Å². The van der Waals surface area contributed by atoms with E-state index in [4.69, 9.17) is 5.26 Å². The van der Waals surface area contributed by atoms with Crippen LogP contribution in [0.25, 0.3) is 0 Å². The van der Waals surface area contributed by atoms with E-state index in [0.717, 1.165) is 0 Å². The second kappa shape index (κ2) is 6.43. The third kappa shape index (κ3) is 6.11. The number of alkyl halides is 6. The lowest BCUT2D eigenvalue weighted by Gasteiger charge is -2.28. The Balaban J connectivity index is 4.77. The number of ether oxygens (including phenoxy) is 1. The Kier molecular flexibility index (Phi) is 6.09. The molecular formula is C10H14F6N2O. The summed E-state index contributed by atoms with van der Waals surface area (Å²) in [5.41, 5.74) is -1.61. The first-order valence-corrected chi connectivity index (χ1v) is 5.37. The molecule has 0 aliphatic carbocycles. The molecule has 1 N–H and O–H groups in total. The van der Waals surface area contributed by atoms with Gasteiger partial charge in [0.05, 0.1) is 12.7 Å². The highest BCUT2D eigenvalue weighted by Gasteiger charge is 2.58. The topological polar surface area (TPSA) is 45.0 Å². The predicted molar refractivity (Wildman–Crippen MR) is 54.2 cm³/mol. The molecule has 0 aliphatic heterocycles. The first kappa shape index (κ1) is 18.0. The molecule has 0 saturated carbocycles. The molecule has 19 heavy (non-hydrogen) atoms. The Morgan fingerprint density at radius 3 is 1.95 bits per heavy atom. The molecular weight excluding hydrogens is 278 g/mol. The van der Waals surface area contributed by atoms with Gasteiger partial charge in [0.2, 0.25) is 6.10 Å². The molecule has 0 rings (SSSR count). The molecule has 0 bridgehead atoms. The van der Waals surface area contributed by atoms with Crippen LogP contribution in [0.2, 0.25) is 0 Å². The van der Waals surface area contributed by atoms with Gasteiger partial charge >= 0.3 is 12.4 Å². The predicted octanol–water partition coefficient (Wildman–Crippen LogP) is 2.78. The van der Waals surface area contributed by atoms with Gasteiger partial charge in [-0.2, -0.15) is 31.6 Å². The highest BCUT2D eigenvalue weighted by atomic mass is 19.4. The van der Waals surface area contributed by atoms with Crippen molar-refractivity contribution in [2.75, 3.05) is 13.2 Å². The van der Waals surface area contributed by atoms with E-state index in [-0.39, 0.29) is 6.54 Å². The first-order valence-electron chi connectivity index (χ1n) is 5.37. The van der Waals surface area contributed by atoms with E-state index in [2.05, 4.69) is 10.1 Å². The van der Waals surface area contributed by atoms with Gasteiger partial charge in [0.25, 0.3) is 0 Å². The molecule has 3 nitrogen and oxygen atoms in total. The highest BCUT2D eigenvalue weighted by molar-refractivity contribution is 5.04. The second-order valence-electron chi connectivity index (χ2n) is 4.14. The number of nitriles is 1. The van der Waals surface area contributed by atoms with Crippen LogP contribution in [0.3, 0.4) is 0 Å². The summed E-state index contributed by atoms with van der Waals surface area (Å²) >= 11 is 0. The molecule has 0 spiro atoms. The normalized spacial score (nSPS) is 16.2. The minimum Gasteiger partial charge on any atom is -0.358 e. The summed E-state index contributed by atoms with van der Waals surface area (Å²) in [6.45, 7) is 2.16. The third-order valence-corrected chi connectivity index (χ3v) is 2.15. The van der Waals surface area contributed by atoms with Gasteiger partial charge in [-0.25, -0.2) is 0 Å². The lowest BCUT2D eigenvalue weighted by atomic mass is 10.1. The number of hydrogen-bond donors (Lipinski definition) is 1. The van der Waals surface area contributed by atoms with Crippen molar-refractivity contribution < 1.29 is 31.1 Å². The number of hydrogen-bond acceptors (Lipinski definition) is 3. The van der Waals surface area contributed by atoms with E-state index < -0.39 is 30.6 Å². The summed E-state index contributed by atoms with van der Waals surface area (Å²) in [6.07, 6.45) is -14.5. The Labute approximate surface area is 106 Å². The van der Waals surface area contributed by atoms with E-state index in [1.165, 1.54) is 6.92 Å². The Hall–Kier alpha value is -1.01. The number of nitrogens with zero attached hydrogens (tertiary/aromatic N) is 1. The van der Waals surface area contributed by atoms with Crippen LogP contribution in [0.1, 0.15) is 20.3 Å². The van der Waals surface area contributed by atoms with Crippen LogP contribution < -0.4 is 5.32 Å². The largest absolute Gasteiger partial charge is 0.423 e. The molecule has 112 valence electrons. The van der Waals surface area contributed by atoms with E-state index >= 15 is 0 Å². The molecule has 9 heteroatoms. The maximum Gasteiger partial charge on any atom is 0.423 e. The molecule has 0 aromatic rings. The number of rotatable bonds is 6. The van der Waals surface area contributed by atoms with Gasteiger partial charge in [0.15, 0.2) is 0 Å². The average molecular weight is 292 g/mol. The van der Waals surface area contributed by atoms with Crippen molar-refractivity contribution in [3.05, 3.63) is 0 Å². The maximum atomic E-state index is 12.2. The molecule has 0 aromatic heterocycles. The molecule has 0 fully saturated rings. The summed E-state index contributed by atoms with van der Waals surface area (Å²) in [4.78, 5) is 0. The molecule has 1 atom stereocenters.